The Hall–Kier alpha value is -3.24. The van der Waals surface area contributed by atoms with Crippen molar-refractivity contribution in [3.63, 3.8) is 0 Å². The van der Waals surface area contributed by atoms with Gasteiger partial charge in [0.05, 0.1) is 31.9 Å². The van der Waals surface area contributed by atoms with Gasteiger partial charge in [-0.3, -0.25) is 4.72 Å². The number of benzene rings is 2. The molecule has 33 heavy (non-hydrogen) atoms. The number of hydrogen-bond donors (Lipinski definition) is 1. The molecule has 2 aromatic carbocycles. The number of rotatable bonds is 5. The quantitative estimate of drug-likeness (QED) is 0.394. The van der Waals surface area contributed by atoms with Crippen LogP contribution in [-0.4, -0.2) is 23.4 Å². The molecule has 6 nitrogen and oxygen atoms in total. The van der Waals surface area contributed by atoms with Crippen molar-refractivity contribution in [1.29, 1.82) is 0 Å². The van der Waals surface area contributed by atoms with E-state index in [1.165, 1.54) is 48.0 Å². The van der Waals surface area contributed by atoms with Crippen LogP contribution in [0, 0.1) is 11.6 Å². The molecule has 2 heterocycles. The van der Waals surface area contributed by atoms with Crippen molar-refractivity contribution >= 4 is 27.0 Å². The van der Waals surface area contributed by atoms with E-state index in [2.05, 4.69) is 19.7 Å². The summed E-state index contributed by atoms with van der Waals surface area (Å²) in [6.07, 6.45) is 2.98. The highest BCUT2D eigenvalue weighted by atomic mass is 32.2. The van der Waals surface area contributed by atoms with Crippen LogP contribution in [0.15, 0.2) is 66.0 Å². The zero-order valence-corrected chi connectivity index (χ0v) is 19.6. The number of aromatic nitrogens is 3. The molecule has 4 aromatic rings. The fourth-order valence-electron chi connectivity index (χ4n) is 3.05. The Morgan fingerprint density at radius 2 is 1.79 bits per heavy atom. The van der Waals surface area contributed by atoms with Gasteiger partial charge in [0.2, 0.25) is 0 Å². The van der Waals surface area contributed by atoms with Crippen molar-refractivity contribution in [2.75, 3.05) is 4.72 Å². The predicted octanol–water partition coefficient (Wildman–Crippen LogP) is 5.64. The monoisotopic (exact) mass is 486 g/mol. The lowest BCUT2D eigenvalue weighted by Gasteiger charge is -2.13. The van der Waals surface area contributed by atoms with Gasteiger partial charge in [-0.2, -0.15) is 0 Å². The summed E-state index contributed by atoms with van der Waals surface area (Å²) < 4.78 is 56.8. The Morgan fingerprint density at radius 1 is 1.03 bits per heavy atom. The molecule has 0 saturated carbocycles. The first-order valence-corrected chi connectivity index (χ1v) is 12.2. The summed E-state index contributed by atoms with van der Waals surface area (Å²) in [5.74, 6) is -1.50. The van der Waals surface area contributed by atoms with Gasteiger partial charge < -0.3 is 0 Å². The summed E-state index contributed by atoms with van der Waals surface area (Å²) in [6, 6.07) is 10.6. The van der Waals surface area contributed by atoms with Crippen LogP contribution in [0.1, 0.15) is 25.8 Å². The predicted molar refractivity (Wildman–Crippen MR) is 124 cm³/mol. The number of halogens is 2. The number of sulfonamides is 1. The van der Waals surface area contributed by atoms with E-state index in [0.717, 1.165) is 17.1 Å². The van der Waals surface area contributed by atoms with Gasteiger partial charge in [-0.05, 0) is 36.4 Å². The number of thiazole rings is 1. The molecule has 0 aliphatic carbocycles. The number of nitrogens with zero attached hydrogens (tertiary/aromatic N) is 3. The molecule has 0 atom stereocenters. The molecule has 2 aromatic heterocycles. The van der Waals surface area contributed by atoms with E-state index >= 15 is 4.39 Å². The lowest BCUT2D eigenvalue weighted by molar-refractivity contribution is 0.585. The van der Waals surface area contributed by atoms with Gasteiger partial charge >= 0.3 is 0 Å². The molecule has 0 saturated heterocycles. The largest absolute Gasteiger partial charge is 0.277 e. The van der Waals surface area contributed by atoms with Gasteiger partial charge in [0.1, 0.15) is 12.1 Å². The third-order valence-corrected chi connectivity index (χ3v) is 7.55. The van der Waals surface area contributed by atoms with Crippen LogP contribution in [-0.2, 0) is 15.4 Å². The molecule has 1 N–H and O–H groups in total. The van der Waals surface area contributed by atoms with Crippen LogP contribution in [0.3, 0.4) is 0 Å². The van der Waals surface area contributed by atoms with E-state index < -0.39 is 21.7 Å². The van der Waals surface area contributed by atoms with Crippen LogP contribution in [0.5, 0.6) is 0 Å². The zero-order valence-electron chi connectivity index (χ0n) is 18.0. The molecule has 0 unspecified atom stereocenters. The minimum Gasteiger partial charge on any atom is -0.277 e. The highest BCUT2D eigenvalue weighted by molar-refractivity contribution is 7.92. The minimum absolute atomic E-state index is 0.120. The lowest BCUT2D eigenvalue weighted by atomic mass is 9.98. The fourth-order valence-corrected chi connectivity index (χ4v) is 5.26. The van der Waals surface area contributed by atoms with Crippen molar-refractivity contribution in [2.24, 2.45) is 0 Å². The minimum atomic E-state index is -4.21. The number of nitrogens with one attached hydrogen (secondary N) is 1. The van der Waals surface area contributed by atoms with Gasteiger partial charge in [0.15, 0.2) is 5.82 Å². The topological polar surface area (TPSA) is 84.8 Å². The van der Waals surface area contributed by atoms with Gasteiger partial charge in [-0.25, -0.2) is 32.2 Å². The van der Waals surface area contributed by atoms with Crippen molar-refractivity contribution in [3.8, 4) is 21.8 Å². The van der Waals surface area contributed by atoms with E-state index in [9.17, 15) is 12.8 Å². The summed E-state index contributed by atoms with van der Waals surface area (Å²) in [5, 5.41) is 0.774. The summed E-state index contributed by atoms with van der Waals surface area (Å²) in [6.45, 7) is 6.00. The van der Waals surface area contributed by atoms with E-state index in [0.29, 0.717) is 16.3 Å². The fraction of sp³-hybridized carbons (Fsp3) is 0.174. The van der Waals surface area contributed by atoms with Crippen LogP contribution >= 0.6 is 11.3 Å². The third kappa shape index (κ3) is 4.76. The lowest BCUT2D eigenvalue weighted by Crippen LogP contribution is -2.14. The molecule has 0 spiro atoms. The second-order valence-corrected chi connectivity index (χ2v) is 11.0. The third-order valence-electron chi connectivity index (χ3n) is 4.69. The number of anilines is 1. The second kappa shape index (κ2) is 8.60. The van der Waals surface area contributed by atoms with E-state index in [1.807, 2.05) is 20.8 Å². The highest BCUT2D eigenvalue weighted by Gasteiger charge is 2.26. The van der Waals surface area contributed by atoms with Crippen molar-refractivity contribution in [1.82, 2.24) is 15.0 Å². The van der Waals surface area contributed by atoms with Crippen LogP contribution in [0.2, 0.25) is 0 Å². The van der Waals surface area contributed by atoms with Crippen molar-refractivity contribution in [3.05, 3.63) is 77.7 Å². The smallest absolute Gasteiger partial charge is 0.262 e. The van der Waals surface area contributed by atoms with Gasteiger partial charge in [0, 0.05) is 17.2 Å². The average Bonchev–Trinajstić information content (AvgIpc) is 3.22. The Balaban J connectivity index is 1.82. The molecule has 170 valence electrons. The van der Waals surface area contributed by atoms with E-state index in [-0.39, 0.29) is 21.6 Å². The summed E-state index contributed by atoms with van der Waals surface area (Å²) >= 11 is 1.39. The molecule has 10 heteroatoms. The van der Waals surface area contributed by atoms with Crippen molar-refractivity contribution < 1.29 is 17.2 Å². The first-order valence-electron chi connectivity index (χ1n) is 9.91. The molecule has 0 aliphatic heterocycles. The Kier molecular flexibility index (Phi) is 5.98. The maximum atomic E-state index is 15.6. The van der Waals surface area contributed by atoms with E-state index in [4.69, 9.17) is 0 Å². The Labute approximate surface area is 194 Å². The molecule has 0 bridgehead atoms. The molecule has 0 aliphatic rings. The molecular weight excluding hydrogens is 466 g/mol. The Morgan fingerprint density at radius 3 is 2.45 bits per heavy atom. The van der Waals surface area contributed by atoms with Gasteiger partial charge in [0.25, 0.3) is 10.0 Å². The summed E-state index contributed by atoms with van der Waals surface area (Å²) in [4.78, 5) is 13.2. The molecule has 4 rings (SSSR count). The number of hydrogen-bond acceptors (Lipinski definition) is 6. The maximum absolute atomic E-state index is 15.6. The van der Waals surface area contributed by atoms with Crippen LogP contribution in [0.25, 0.3) is 21.8 Å². The Bertz CT molecular complexity index is 1420. The summed E-state index contributed by atoms with van der Waals surface area (Å²) in [7, 11) is -4.21. The SMILES string of the molecule is CC(C)(C)c1nc(-c2cccc(NS(=O)(=O)c3cccc(F)c3)c2F)c(-c2ccncn2)s1. The normalized spacial score (nSPS) is 12.0. The zero-order chi connectivity index (χ0) is 23.8. The van der Waals surface area contributed by atoms with Crippen molar-refractivity contribution in [2.45, 2.75) is 31.1 Å². The molecule has 0 amide bonds. The maximum Gasteiger partial charge on any atom is 0.262 e. The molecule has 0 radical (unpaired) electrons. The molecule has 0 fully saturated rings. The highest BCUT2D eigenvalue weighted by Crippen LogP contribution is 2.41. The van der Waals surface area contributed by atoms with Gasteiger partial charge in [-0.1, -0.05) is 32.9 Å². The summed E-state index contributed by atoms with van der Waals surface area (Å²) in [5.41, 5.74) is 0.495. The first kappa shape index (κ1) is 22.9. The van der Waals surface area contributed by atoms with Gasteiger partial charge in [-0.15, -0.1) is 11.3 Å². The first-order chi connectivity index (χ1) is 15.6. The second-order valence-electron chi connectivity index (χ2n) is 8.27. The van der Waals surface area contributed by atoms with Crippen LogP contribution in [0.4, 0.5) is 14.5 Å². The standard InChI is InChI=1S/C23H20F2N4O2S2/c1-23(2,3)22-28-20(21(32-22)18-10-11-26-13-27-18)16-8-5-9-17(19(16)25)29-33(30,31)15-7-4-6-14(24)12-15/h4-13,29H,1-3H3. The average molecular weight is 487 g/mol. The van der Waals surface area contributed by atoms with Crippen LogP contribution < -0.4 is 4.72 Å². The molecular formula is C23H20F2N4O2S2. The van der Waals surface area contributed by atoms with E-state index in [1.54, 1.807) is 12.3 Å².